The van der Waals surface area contributed by atoms with Crippen LogP contribution in [-0.2, 0) is 4.79 Å². The Morgan fingerprint density at radius 3 is 2.07 bits per heavy atom. The summed E-state index contributed by atoms with van der Waals surface area (Å²) in [7, 11) is 1.64. The first-order valence-corrected chi connectivity index (χ1v) is 9.45. The van der Waals surface area contributed by atoms with Crippen LogP contribution in [-0.4, -0.2) is 24.5 Å². The molecule has 1 amide bonds. The van der Waals surface area contributed by atoms with Gasteiger partial charge in [0.05, 0.1) is 13.2 Å². The molecule has 3 heteroatoms. The topological polar surface area (TPSA) is 29.5 Å². The Morgan fingerprint density at radius 2 is 1.54 bits per heavy atom. The Hall–Kier alpha value is -3.33. The summed E-state index contributed by atoms with van der Waals surface area (Å²) in [5.41, 5.74) is 3.12. The van der Waals surface area contributed by atoms with E-state index < -0.39 is 0 Å². The molecule has 0 radical (unpaired) electrons. The van der Waals surface area contributed by atoms with E-state index in [-0.39, 0.29) is 11.9 Å². The molecule has 0 unspecified atom stereocenters. The number of likely N-dealkylation sites (N-methyl/N-ethyl adjacent to an activating group) is 1. The van der Waals surface area contributed by atoms with Gasteiger partial charge in [-0.15, -0.1) is 0 Å². The number of amides is 1. The van der Waals surface area contributed by atoms with Gasteiger partial charge < -0.3 is 9.64 Å². The summed E-state index contributed by atoms with van der Waals surface area (Å²) in [5, 5.41) is 0. The maximum Gasteiger partial charge on any atom is 0.247 e. The van der Waals surface area contributed by atoms with E-state index in [1.54, 1.807) is 13.2 Å². The molecule has 0 saturated carbocycles. The van der Waals surface area contributed by atoms with Gasteiger partial charge in [0.2, 0.25) is 5.91 Å². The molecule has 3 rings (SSSR count). The van der Waals surface area contributed by atoms with Crippen LogP contribution in [0.2, 0.25) is 0 Å². The highest BCUT2D eigenvalue weighted by Gasteiger charge is 2.24. The number of hydrogen-bond acceptors (Lipinski definition) is 2. The van der Waals surface area contributed by atoms with Crippen molar-refractivity contribution < 1.29 is 9.53 Å². The Balaban J connectivity index is 1.91. The summed E-state index contributed by atoms with van der Waals surface area (Å²) < 4.78 is 5.25. The molecule has 3 aromatic rings. The first-order chi connectivity index (χ1) is 13.7. The second-order valence-corrected chi connectivity index (χ2v) is 6.46. The highest BCUT2D eigenvalue weighted by Crippen LogP contribution is 2.29. The molecule has 0 bridgehead atoms. The van der Waals surface area contributed by atoms with Crippen molar-refractivity contribution in [1.29, 1.82) is 0 Å². The zero-order valence-corrected chi connectivity index (χ0v) is 16.3. The summed E-state index contributed by atoms with van der Waals surface area (Å²) in [4.78, 5) is 15.0. The maximum atomic E-state index is 13.1. The lowest BCUT2D eigenvalue weighted by atomic mass is 9.97. The molecule has 0 heterocycles. The molecule has 142 valence electrons. The van der Waals surface area contributed by atoms with E-state index in [4.69, 9.17) is 4.74 Å². The van der Waals surface area contributed by atoms with Crippen molar-refractivity contribution in [2.24, 2.45) is 0 Å². The summed E-state index contributed by atoms with van der Waals surface area (Å²) in [6.07, 6.45) is 3.47. The van der Waals surface area contributed by atoms with Crippen LogP contribution < -0.4 is 4.74 Å². The molecular weight excluding hydrogens is 346 g/mol. The monoisotopic (exact) mass is 371 g/mol. The van der Waals surface area contributed by atoms with Crippen molar-refractivity contribution in [2.45, 2.75) is 13.0 Å². The maximum absolute atomic E-state index is 13.1. The Bertz CT molecular complexity index is 880. The van der Waals surface area contributed by atoms with Gasteiger partial charge in [-0.25, -0.2) is 0 Å². The zero-order chi connectivity index (χ0) is 19.8. The highest BCUT2D eigenvalue weighted by molar-refractivity contribution is 5.92. The molecule has 3 aromatic carbocycles. The molecule has 0 atom stereocenters. The van der Waals surface area contributed by atoms with Gasteiger partial charge in [0, 0.05) is 12.6 Å². The van der Waals surface area contributed by atoms with Crippen molar-refractivity contribution >= 4 is 12.0 Å². The van der Waals surface area contributed by atoms with Crippen molar-refractivity contribution in [3.8, 4) is 5.75 Å². The molecule has 0 aliphatic rings. The van der Waals surface area contributed by atoms with Gasteiger partial charge in [-0.3, -0.25) is 4.79 Å². The lowest BCUT2D eigenvalue weighted by Gasteiger charge is -2.31. The van der Waals surface area contributed by atoms with Gasteiger partial charge in [0.1, 0.15) is 5.75 Å². The van der Waals surface area contributed by atoms with E-state index in [9.17, 15) is 4.79 Å². The number of nitrogens with zero attached hydrogens (tertiary/aromatic N) is 1. The van der Waals surface area contributed by atoms with Crippen LogP contribution in [0.25, 0.3) is 6.08 Å². The third-order valence-corrected chi connectivity index (χ3v) is 4.68. The number of ether oxygens (including phenoxy) is 1. The minimum Gasteiger partial charge on any atom is -0.497 e. The fourth-order valence-corrected chi connectivity index (χ4v) is 3.30. The third-order valence-electron chi connectivity index (χ3n) is 4.68. The average Bonchev–Trinajstić information content (AvgIpc) is 2.77. The summed E-state index contributed by atoms with van der Waals surface area (Å²) in [5.74, 6) is 0.747. The molecule has 0 aliphatic carbocycles. The van der Waals surface area contributed by atoms with Crippen LogP contribution >= 0.6 is 0 Å². The van der Waals surface area contributed by atoms with Crippen LogP contribution in [0.3, 0.4) is 0 Å². The molecule has 0 spiro atoms. The zero-order valence-electron chi connectivity index (χ0n) is 16.3. The third kappa shape index (κ3) is 4.68. The summed E-state index contributed by atoms with van der Waals surface area (Å²) in [6, 6.07) is 27.8. The minimum absolute atomic E-state index is 0.0250. The SMILES string of the molecule is CCN(C(=O)/C=C/c1cccc(OC)c1)C(c1ccccc1)c1ccccc1. The van der Waals surface area contributed by atoms with Crippen LogP contribution in [0.1, 0.15) is 29.7 Å². The predicted molar refractivity (Wildman–Crippen MR) is 114 cm³/mol. The van der Waals surface area contributed by atoms with Crippen LogP contribution in [0.5, 0.6) is 5.75 Å². The lowest BCUT2D eigenvalue weighted by molar-refractivity contribution is -0.127. The second-order valence-electron chi connectivity index (χ2n) is 6.46. The highest BCUT2D eigenvalue weighted by atomic mass is 16.5. The van der Waals surface area contributed by atoms with E-state index in [2.05, 4.69) is 24.3 Å². The van der Waals surface area contributed by atoms with Crippen LogP contribution in [0.15, 0.2) is 91.0 Å². The Labute approximate surface area is 166 Å². The average molecular weight is 371 g/mol. The summed E-state index contributed by atoms with van der Waals surface area (Å²) >= 11 is 0. The first-order valence-electron chi connectivity index (χ1n) is 9.45. The van der Waals surface area contributed by atoms with Crippen molar-refractivity contribution in [3.63, 3.8) is 0 Å². The van der Waals surface area contributed by atoms with E-state index in [1.165, 1.54) is 0 Å². The lowest BCUT2D eigenvalue weighted by Crippen LogP contribution is -2.34. The second kappa shape index (κ2) is 9.56. The molecule has 0 N–H and O–H groups in total. The minimum atomic E-state index is -0.130. The number of rotatable bonds is 7. The van der Waals surface area contributed by atoms with Gasteiger partial charge in [-0.1, -0.05) is 72.8 Å². The van der Waals surface area contributed by atoms with Gasteiger partial charge >= 0.3 is 0 Å². The molecule has 0 saturated heterocycles. The normalized spacial score (nSPS) is 11.0. The van der Waals surface area contributed by atoms with Crippen LogP contribution in [0, 0.1) is 0 Å². The van der Waals surface area contributed by atoms with Gasteiger partial charge in [0.15, 0.2) is 0 Å². The molecule has 0 aromatic heterocycles. The summed E-state index contributed by atoms with van der Waals surface area (Å²) in [6.45, 7) is 2.62. The van der Waals surface area contributed by atoms with E-state index >= 15 is 0 Å². The van der Waals surface area contributed by atoms with Gasteiger partial charge in [-0.05, 0) is 41.8 Å². The fourth-order valence-electron chi connectivity index (χ4n) is 3.30. The molecule has 0 fully saturated rings. The van der Waals surface area contributed by atoms with E-state index in [0.717, 1.165) is 22.4 Å². The largest absolute Gasteiger partial charge is 0.497 e. The predicted octanol–water partition coefficient (Wildman–Crippen LogP) is 5.35. The first kappa shape index (κ1) is 19.4. The van der Waals surface area contributed by atoms with E-state index in [0.29, 0.717) is 6.54 Å². The standard InChI is InChI=1S/C25H25NO2/c1-3-26(24(27)18-17-20-11-10-16-23(19-20)28-2)25(21-12-6-4-7-13-21)22-14-8-5-9-15-22/h4-19,25H,3H2,1-2H3/b18-17+. The van der Waals surface area contributed by atoms with Crippen LogP contribution in [0.4, 0.5) is 0 Å². The number of benzene rings is 3. The van der Waals surface area contributed by atoms with Gasteiger partial charge in [-0.2, -0.15) is 0 Å². The van der Waals surface area contributed by atoms with Gasteiger partial charge in [0.25, 0.3) is 0 Å². The van der Waals surface area contributed by atoms with E-state index in [1.807, 2.05) is 78.6 Å². The molecule has 28 heavy (non-hydrogen) atoms. The number of carbonyl (C=O) groups excluding carboxylic acids is 1. The molecular formula is C25H25NO2. The van der Waals surface area contributed by atoms with Crippen molar-refractivity contribution in [1.82, 2.24) is 4.90 Å². The number of hydrogen-bond donors (Lipinski definition) is 0. The molecule has 3 nitrogen and oxygen atoms in total. The number of methoxy groups -OCH3 is 1. The Kier molecular flexibility index (Phi) is 6.64. The Morgan fingerprint density at radius 1 is 0.929 bits per heavy atom. The fraction of sp³-hybridized carbons (Fsp3) is 0.160. The van der Waals surface area contributed by atoms with Crippen molar-refractivity contribution in [2.75, 3.05) is 13.7 Å². The quantitative estimate of drug-likeness (QED) is 0.524. The van der Waals surface area contributed by atoms with Crippen molar-refractivity contribution in [3.05, 3.63) is 108 Å². The smallest absolute Gasteiger partial charge is 0.247 e. The number of carbonyl (C=O) groups is 1. The molecule has 0 aliphatic heterocycles.